The first kappa shape index (κ1) is 20.2. The zero-order chi connectivity index (χ0) is 20.5. The Balaban J connectivity index is 1.97. The maximum Gasteiger partial charge on any atom is 0.325 e. The number of thioether (sulfide) groups is 1. The van der Waals surface area contributed by atoms with Crippen LogP contribution in [0.2, 0.25) is 0 Å². The topological polar surface area (TPSA) is 92.8 Å². The Morgan fingerprint density at radius 3 is 2.64 bits per heavy atom. The van der Waals surface area contributed by atoms with Gasteiger partial charge in [-0.3, -0.25) is 19.2 Å². The Morgan fingerprint density at radius 2 is 1.96 bits per heavy atom. The Labute approximate surface area is 168 Å². The van der Waals surface area contributed by atoms with Gasteiger partial charge < -0.3 is 4.74 Å². The fourth-order valence-electron chi connectivity index (χ4n) is 2.85. The molecule has 2 aromatic rings. The van der Waals surface area contributed by atoms with E-state index in [9.17, 15) is 18.0 Å². The van der Waals surface area contributed by atoms with Crippen LogP contribution >= 0.6 is 11.8 Å². The van der Waals surface area contributed by atoms with Crippen LogP contribution in [-0.2, 0) is 24.3 Å². The van der Waals surface area contributed by atoms with Crippen LogP contribution in [0.15, 0.2) is 46.2 Å². The molecule has 0 saturated carbocycles. The van der Waals surface area contributed by atoms with E-state index in [1.165, 1.54) is 35.9 Å². The highest BCUT2D eigenvalue weighted by molar-refractivity contribution is 8.00. The first-order valence-corrected chi connectivity index (χ1v) is 10.9. The molecule has 0 fully saturated rings. The number of aryl methyl sites for hydroxylation is 2. The van der Waals surface area contributed by atoms with Gasteiger partial charge in [-0.25, -0.2) is 8.42 Å². The van der Waals surface area contributed by atoms with Crippen LogP contribution in [0.5, 0.6) is 0 Å². The molecule has 2 aromatic carbocycles. The summed E-state index contributed by atoms with van der Waals surface area (Å²) in [4.78, 5) is 25.9. The van der Waals surface area contributed by atoms with Crippen molar-refractivity contribution >= 4 is 45.0 Å². The van der Waals surface area contributed by atoms with Crippen molar-refractivity contribution in [3.8, 4) is 0 Å². The van der Waals surface area contributed by atoms with E-state index in [1.807, 2.05) is 26.0 Å². The molecule has 148 valence electrons. The smallest absolute Gasteiger partial charge is 0.325 e. The van der Waals surface area contributed by atoms with Gasteiger partial charge in [0.15, 0.2) is 0 Å². The summed E-state index contributed by atoms with van der Waals surface area (Å²) in [6.07, 6.45) is 0. The average Bonchev–Trinajstić information content (AvgIpc) is 2.65. The molecule has 9 heteroatoms. The molecular formula is C19H20N2O5S2. The third-order valence-corrected chi connectivity index (χ3v) is 6.74. The normalized spacial score (nSPS) is 13.8. The number of methoxy groups -OCH3 is 1. The van der Waals surface area contributed by atoms with Crippen LogP contribution in [0.3, 0.4) is 0 Å². The summed E-state index contributed by atoms with van der Waals surface area (Å²) in [5.41, 5.74) is 2.71. The van der Waals surface area contributed by atoms with E-state index >= 15 is 0 Å². The number of ether oxygens (including phenoxy) is 1. The fourth-order valence-corrected chi connectivity index (χ4v) is 4.91. The van der Waals surface area contributed by atoms with Crippen molar-refractivity contribution in [2.45, 2.75) is 23.6 Å². The molecule has 0 atom stereocenters. The summed E-state index contributed by atoms with van der Waals surface area (Å²) in [6, 6.07) is 9.97. The predicted octanol–water partition coefficient (Wildman–Crippen LogP) is 2.72. The number of esters is 1. The highest BCUT2D eigenvalue weighted by Crippen LogP contribution is 2.37. The molecule has 28 heavy (non-hydrogen) atoms. The van der Waals surface area contributed by atoms with E-state index in [1.54, 1.807) is 12.1 Å². The fraction of sp³-hybridized carbons (Fsp3) is 0.263. The number of sulfonamides is 1. The van der Waals surface area contributed by atoms with Crippen LogP contribution in [0, 0.1) is 13.8 Å². The molecule has 1 amide bonds. The first-order chi connectivity index (χ1) is 13.2. The van der Waals surface area contributed by atoms with E-state index in [0.29, 0.717) is 11.4 Å². The highest BCUT2D eigenvalue weighted by atomic mass is 32.2. The van der Waals surface area contributed by atoms with Gasteiger partial charge in [0.2, 0.25) is 5.91 Å². The summed E-state index contributed by atoms with van der Waals surface area (Å²) in [7, 11) is -2.63. The van der Waals surface area contributed by atoms with Crippen molar-refractivity contribution in [3.63, 3.8) is 0 Å². The molecule has 0 radical (unpaired) electrons. The van der Waals surface area contributed by atoms with Crippen LogP contribution in [0.4, 0.5) is 11.4 Å². The number of hydrogen-bond donors (Lipinski definition) is 1. The molecule has 0 saturated heterocycles. The molecule has 1 aliphatic rings. The zero-order valence-corrected chi connectivity index (χ0v) is 17.3. The van der Waals surface area contributed by atoms with Crippen molar-refractivity contribution in [2.75, 3.05) is 29.0 Å². The monoisotopic (exact) mass is 420 g/mol. The second-order valence-electron chi connectivity index (χ2n) is 6.40. The molecular weight excluding hydrogens is 400 g/mol. The number of rotatable bonds is 5. The van der Waals surface area contributed by atoms with Crippen LogP contribution in [0.25, 0.3) is 0 Å². The van der Waals surface area contributed by atoms with E-state index < -0.39 is 16.0 Å². The van der Waals surface area contributed by atoms with Crippen LogP contribution in [0.1, 0.15) is 11.1 Å². The molecule has 1 aliphatic heterocycles. The van der Waals surface area contributed by atoms with Gasteiger partial charge in [0, 0.05) is 4.90 Å². The SMILES string of the molecule is COC(=O)CN1C(=O)CSc2ccc(S(=O)(=O)Nc3ccc(C)cc3C)cc21. The lowest BCUT2D eigenvalue weighted by Gasteiger charge is -2.28. The van der Waals surface area contributed by atoms with Gasteiger partial charge in [-0.1, -0.05) is 17.7 Å². The van der Waals surface area contributed by atoms with Gasteiger partial charge in [-0.2, -0.15) is 0 Å². The number of nitrogens with one attached hydrogen (secondary N) is 1. The van der Waals surface area contributed by atoms with Gasteiger partial charge in [0.1, 0.15) is 6.54 Å². The summed E-state index contributed by atoms with van der Waals surface area (Å²) in [5, 5.41) is 0. The van der Waals surface area contributed by atoms with E-state index in [4.69, 9.17) is 0 Å². The van der Waals surface area contributed by atoms with Gasteiger partial charge >= 0.3 is 5.97 Å². The number of amides is 1. The standard InChI is InChI=1S/C19H20N2O5S2/c1-12-4-6-15(13(2)8-12)20-28(24,25)14-5-7-17-16(9-14)21(10-19(23)26-3)18(22)11-27-17/h4-9,20H,10-11H2,1-3H3. The van der Waals surface area contributed by atoms with Crippen LogP contribution < -0.4 is 9.62 Å². The lowest BCUT2D eigenvalue weighted by molar-refractivity contribution is -0.139. The number of carbonyl (C=O) groups excluding carboxylic acids is 2. The molecule has 7 nitrogen and oxygen atoms in total. The minimum absolute atomic E-state index is 0.0105. The summed E-state index contributed by atoms with van der Waals surface area (Å²) in [5.74, 6) is -0.677. The van der Waals surface area contributed by atoms with Crippen molar-refractivity contribution in [2.24, 2.45) is 0 Å². The Kier molecular flexibility index (Phi) is 5.66. The lowest BCUT2D eigenvalue weighted by Crippen LogP contribution is -2.39. The third kappa shape index (κ3) is 4.15. The molecule has 1 N–H and O–H groups in total. The minimum Gasteiger partial charge on any atom is -0.468 e. The predicted molar refractivity (Wildman–Crippen MR) is 108 cm³/mol. The second kappa shape index (κ2) is 7.84. The van der Waals surface area contributed by atoms with Gasteiger partial charge in [-0.15, -0.1) is 11.8 Å². The van der Waals surface area contributed by atoms with Crippen molar-refractivity contribution in [3.05, 3.63) is 47.5 Å². The molecule has 0 spiro atoms. The molecule has 0 aliphatic carbocycles. The maximum atomic E-state index is 12.9. The minimum atomic E-state index is -3.87. The first-order valence-electron chi connectivity index (χ1n) is 8.45. The Morgan fingerprint density at radius 1 is 1.21 bits per heavy atom. The van der Waals surface area contributed by atoms with Gasteiger partial charge in [0.05, 0.1) is 29.1 Å². The summed E-state index contributed by atoms with van der Waals surface area (Å²) < 4.78 is 33.0. The quantitative estimate of drug-likeness (QED) is 0.748. The van der Waals surface area contributed by atoms with E-state index in [0.717, 1.165) is 16.0 Å². The van der Waals surface area contributed by atoms with Crippen LogP contribution in [-0.4, -0.2) is 39.7 Å². The second-order valence-corrected chi connectivity index (χ2v) is 9.10. The molecule has 0 aromatic heterocycles. The zero-order valence-electron chi connectivity index (χ0n) is 15.7. The van der Waals surface area contributed by atoms with Gasteiger partial charge in [0.25, 0.3) is 10.0 Å². The summed E-state index contributed by atoms with van der Waals surface area (Å²) >= 11 is 1.30. The van der Waals surface area contributed by atoms with E-state index in [-0.39, 0.29) is 23.1 Å². The van der Waals surface area contributed by atoms with Crippen molar-refractivity contribution in [1.82, 2.24) is 0 Å². The maximum absolute atomic E-state index is 12.9. The van der Waals surface area contributed by atoms with Crippen molar-refractivity contribution < 1.29 is 22.7 Å². The van der Waals surface area contributed by atoms with Gasteiger partial charge in [-0.05, 0) is 43.7 Å². The van der Waals surface area contributed by atoms with Crippen molar-refractivity contribution in [1.29, 1.82) is 0 Å². The summed E-state index contributed by atoms with van der Waals surface area (Å²) in [6.45, 7) is 3.49. The molecule has 1 heterocycles. The lowest BCUT2D eigenvalue weighted by atomic mass is 10.1. The third-order valence-electron chi connectivity index (χ3n) is 4.32. The largest absolute Gasteiger partial charge is 0.468 e. The molecule has 3 rings (SSSR count). The number of anilines is 2. The Bertz CT molecular complexity index is 1050. The number of benzene rings is 2. The molecule has 0 bridgehead atoms. The average molecular weight is 421 g/mol. The number of hydrogen-bond acceptors (Lipinski definition) is 6. The number of nitrogens with zero attached hydrogens (tertiary/aromatic N) is 1. The van der Waals surface area contributed by atoms with E-state index in [2.05, 4.69) is 9.46 Å². The Hall–Kier alpha value is -2.52. The molecule has 0 unspecified atom stereocenters. The number of fused-ring (bicyclic) bond motifs is 1. The number of carbonyl (C=O) groups is 2. The highest BCUT2D eigenvalue weighted by Gasteiger charge is 2.29.